The van der Waals surface area contributed by atoms with Crippen molar-refractivity contribution in [1.29, 1.82) is 0 Å². The van der Waals surface area contributed by atoms with Gasteiger partial charge in [-0.3, -0.25) is 9.88 Å². The number of nitrogens with zero attached hydrogens (tertiary/aromatic N) is 2. The van der Waals surface area contributed by atoms with Crippen molar-refractivity contribution in [2.45, 2.75) is 32.2 Å². The fourth-order valence-corrected chi connectivity index (χ4v) is 3.62. The van der Waals surface area contributed by atoms with E-state index >= 15 is 0 Å². The number of aromatic nitrogens is 1. The van der Waals surface area contributed by atoms with Crippen LogP contribution in [0.1, 0.15) is 37.8 Å². The first kappa shape index (κ1) is 14.9. The van der Waals surface area contributed by atoms with Gasteiger partial charge in [0.05, 0.1) is 0 Å². The highest BCUT2D eigenvalue weighted by Crippen LogP contribution is 2.36. The van der Waals surface area contributed by atoms with Crippen LogP contribution in [-0.2, 0) is 0 Å². The van der Waals surface area contributed by atoms with Crippen LogP contribution < -0.4 is 5.32 Å². The summed E-state index contributed by atoms with van der Waals surface area (Å²) in [5.74, 6) is 0.682. The topological polar surface area (TPSA) is 28.2 Å². The number of hydrogen-bond acceptors (Lipinski definition) is 3. The molecule has 0 spiro atoms. The molecule has 0 aliphatic carbocycles. The zero-order valence-corrected chi connectivity index (χ0v) is 13.5. The molecule has 106 valence electrons. The second kappa shape index (κ2) is 7.36. The van der Waals surface area contributed by atoms with E-state index in [0.717, 1.165) is 11.0 Å². The second-order valence-corrected chi connectivity index (χ2v) is 6.29. The Bertz CT molecular complexity index is 379. The van der Waals surface area contributed by atoms with Gasteiger partial charge in [-0.15, -0.1) is 0 Å². The van der Waals surface area contributed by atoms with Gasteiger partial charge in [-0.25, -0.2) is 0 Å². The summed E-state index contributed by atoms with van der Waals surface area (Å²) in [6.07, 6.45) is 7.72. The van der Waals surface area contributed by atoms with Crippen molar-refractivity contribution in [3.05, 3.63) is 28.5 Å². The lowest BCUT2D eigenvalue weighted by atomic mass is 9.85. The SMILES string of the molecule is CCCN1CCCC(CNC)C1c1cncc(Br)c1. The fourth-order valence-electron chi connectivity index (χ4n) is 3.24. The lowest BCUT2D eigenvalue weighted by molar-refractivity contribution is 0.0921. The Morgan fingerprint density at radius 3 is 3.00 bits per heavy atom. The quantitative estimate of drug-likeness (QED) is 0.900. The standard InChI is InChI=1S/C15H24BrN3/c1-3-6-19-7-4-5-12(9-17-2)15(19)13-8-14(16)11-18-10-13/h8,10-12,15,17H,3-7,9H2,1-2H3. The maximum Gasteiger partial charge on any atom is 0.0410 e. The molecule has 3 nitrogen and oxygen atoms in total. The molecule has 0 radical (unpaired) electrons. The Morgan fingerprint density at radius 1 is 1.47 bits per heavy atom. The number of halogens is 1. The Morgan fingerprint density at radius 2 is 2.32 bits per heavy atom. The van der Waals surface area contributed by atoms with Gasteiger partial charge in [0.25, 0.3) is 0 Å². The van der Waals surface area contributed by atoms with Crippen LogP contribution in [0, 0.1) is 5.92 Å². The molecular weight excluding hydrogens is 302 g/mol. The molecule has 2 atom stereocenters. The monoisotopic (exact) mass is 325 g/mol. The first-order valence-corrected chi connectivity index (χ1v) is 8.04. The average molecular weight is 326 g/mol. The average Bonchev–Trinajstić information content (AvgIpc) is 2.40. The summed E-state index contributed by atoms with van der Waals surface area (Å²) in [5.41, 5.74) is 1.35. The van der Waals surface area contributed by atoms with Crippen LogP contribution >= 0.6 is 15.9 Å². The molecule has 1 fully saturated rings. The summed E-state index contributed by atoms with van der Waals surface area (Å²) in [4.78, 5) is 6.99. The molecule has 1 N–H and O–H groups in total. The van der Waals surface area contributed by atoms with Crippen LogP contribution in [-0.4, -0.2) is 36.6 Å². The Hall–Kier alpha value is -0.450. The predicted molar refractivity (Wildman–Crippen MR) is 83.2 cm³/mol. The number of likely N-dealkylation sites (tertiary alicyclic amines) is 1. The van der Waals surface area contributed by atoms with E-state index in [1.54, 1.807) is 0 Å². The summed E-state index contributed by atoms with van der Waals surface area (Å²) in [6.45, 7) is 5.73. The molecule has 2 heterocycles. The summed E-state index contributed by atoms with van der Waals surface area (Å²) in [5, 5.41) is 3.36. The number of hydrogen-bond donors (Lipinski definition) is 1. The van der Waals surface area contributed by atoms with Crippen LogP contribution in [0.3, 0.4) is 0 Å². The molecular formula is C15H24BrN3. The van der Waals surface area contributed by atoms with Crippen molar-refractivity contribution in [3.8, 4) is 0 Å². The molecule has 2 rings (SSSR count). The van der Waals surface area contributed by atoms with E-state index in [1.807, 2.05) is 12.4 Å². The van der Waals surface area contributed by atoms with Crippen LogP contribution in [0.2, 0.25) is 0 Å². The van der Waals surface area contributed by atoms with Crippen molar-refractivity contribution in [3.63, 3.8) is 0 Å². The third kappa shape index (κ3) is 3.77. The van der Waals surface area contributed by atoms with E-state index < -0.39 is 0 Å². The van der Waals surface area contributed by atoms with E-state index in [9.17, 15) is 0 Å². The minimum atomic E-state index is 0.506. The molecule has 2 unspecified atom stereocenters. The Balaban J connectivity index is 2.26. The van der Waals surface area contributed by atoms with Crippen molar-refractivity contribution < 1.29 is 0 Å². The molecule has 4 heteroatoms. The maximum absolute atomic E-state index is 4.35. The molecule has 19 heavy (non-hydrogen) atoms. The summed E-state index contributed by atoms with van der Waals surface area (Å²) < 4.78 is 1.08. The highest BCUT2D eigenvalue weighted by Gasteiger charge is 2.31. The first-order chi connectivity index (χ1) is 9.26. The van der Waals surface area contributed by atoms with Crippen LogP contribution in [0.4, 0.5) is 0 Å². The van der Waals surface area contributed by atoms with Crippen molar-refractivity contribution in [2.75, 3.05) is 26.7 Å². The normalized spacial score (nSPS) is 24.6. The maximum atomic E-state index is 4.35. The highest BCUT2D eigenvalue weighted by molar-refractivity contribution is 9.10. The number of nitrogens with one attached hydrogen (secondary N) is 1. The van der Waals surface area contributed by atoms with E-state index in [2.05, 4.69) is 51.2 Å². The summed E-state index contributed by atoms with van der Waals surface area (Å²) in [6, 6.07) is 2.74. The van der Waals surface area contributed by atoms with Gasteiger partial charge in [0, 0.05) is 22.9 Å². The van der Waals surface area contributed by atoms with Gasteiger partial charge in [-0.1, -0.05) is 6.92 Å². The Kier molecular flexibility index (Phi) is 5.79. The van der Waals surface area contributed by atoms with E-state index in [-0.39, 0.29) is 0 Å². The van der Waals surface area contributed by atoms with Crippen molar-refractivity contribution >= 4 is 15.9 Å². The third-order valence-electron chi connectivity index (χ3n) is 3.90. The second-order valence-electron chi connectivity index (χ2n) is 5.38. The number of rotatable bonds is 5. The van der Waals surface area contributed by atoms with Crippen LogP contribution in [0.25, 0.3) is 0 Å². The molecule has 1 aliphatic rings. The zero-order chi connectivity index (χ0) is 13.7. The zero-order valence-electron chi connectivity index (χ0n) is 11.9. The largest absolute Gasteiger partial charge is 0.319 e. The Labute approximate surface area is 124 Å². The number of piperidine rings is 1. The minimum Gasteiger partial charge on any atom is -0.319 e. The summed E-state index contributed by atoms with van der Waals surface area (Å²) >= 11 is 3.55. The molecule has 0 aromatic carbocycles. The molecule has 1 aliphatic heterocycles. The lowest BCUT2D eigenvalue weighted by Gasteiger charge is -2.41. The molecule has 1 saturated heterocycles. The van der Waals surface area contributed by atoms with Gasteiger partial charge in [-0.05, 0) is 79.4 Å². The first-order valence-electron chi connectivity index (χ1n) is 7.25. The predicted octanol–water partition coefficient (Wildman–Crippen LogP) is 3.23. The van der Waals surface area contributed by atoms with Crippen molar-refractivity contribution in [1.82, 2.24) is 15.2 Å². The van der Waals surface area contributed by atoms with Gasteiger partial charge < -0.3 is 5.32 Å². The molecule has 1 aromatic heterocycles. The van der Waals surface area contributed by atoms with Crippen molar-refractivity contribution in [2.24, 2.45) is 5.92 Å². The lowest BCUT2D eigenvalue weighted by Crippen LogP contribution is -2.42. The van der Waals surface area contributed by atoms with Gasteiger partial charge >= 0.3 is 0 Å². The van der Waals surface area contributed by atoms with Gasteiger partial charge in [-0.2, -0.15) is 0 Å². The van der Waals surface area contributed by atoms with E-state index in [1.165, 1.54) is 37.9 Å². The van der Waals surface area contributed by atoms with E-state index in [4.69, 9.17) is 0 Å². The molecule has 0 saturated carbocycles. The van der Waals surface area contributed by atoms with Gasteiger partial charge in [0.15, 0.2) is 0 Å². The highest BCUT2D eigenvalue weighted by atomic mass is 79.9. The summed E-state index contributed by atoms with van der Waals surface area (Å²) in [7, 11) is 2.05. The van der Waals surface area contributed by atoms with Crippen LogP contribution in [0.5, 0.6) is 0 Å². The third-order valence-corrected chi connectivity index (χ3v) is 4.34. The van der Waals surface area contributed by atoms with E-state index in [0.29, 0.717) is 12.0 Å². The smallest absolute Gasteiger partial charge is 0.0410 e. The number of pyridine rings is 1. The molecule has 0 amide bonds. The molecule has 1 aromatic rings. The molecule has 0 bridgehead atoms. The van der Waals surface area contributed by atoms with Gasteiger partial charge in [0.1, 0.15) is 0 Å². The fraction of sp³-hybridized carbons (Fsp3) is 0.667. The van der Waals surface area contributed by atoms with Crippen LogP contribution in [0.15, 0.2) is 22.9 Å². The van der Waals surface area contributed by atoms with Gasteiger partial charge in [0.2, 0.25) is 0 Å². The minimum absolute atomic E-state index is 0.506.